The fraction of sp³-hybridized carbons (Fsp3) is 0.529. The number of nitrogens with zero attached hydrogens (tertiary/aromatic N) is 6. The summed E-state index contributed by atoms with van der Waals surface area (Å²) in [5, 5.41) is 22.6. The molecule has 3 heterocycles. The highest BCUT2D eigenvalue weighted by molar-refractivity contribution is 6.63. The van der Waals surface area contributed by atoms with Gasteiger partial charge in [0.25, 0.3) is 0 Å². The number of aliphatic imine (C=N–C) groups is 1. The van der Waals surface area contributed by atoms with Gasteiger partial charge >= 0.3 is 0 Å². The molecule has 10 nitrogen and oxygen atoms in total. The molecule has 0 spiro atoms. The molecule has 1 aromatic rings. The average molecular weight is 374 g/mol. The molecule has 2 aliphatic heterocycles. The van der Waals surface area contributed by atoms with Gasteiger partial charge in [-0.25, -0.2) is 15.0 Å². The molecule has 146 valence electrons. The van der Waals surface area contributed by atoms with Crippen molar-refractivity contribution in [3.05, 3.63) is 6.07 Å². The van der Waals surface area contributed by atoms with Gasteiger partial charge in [0.2, 0.25) is 0 Å². The van der Waals surface area contributed by atoms with Gasteiger partial charge < -0.3 is 26.0 Å². The van der Waals surface area contributed by atoms with Gasteiger partial charge in [0, 0.05) is 13.0 Å². The van der Waals surface area contributed by atoms with Crippen molar-refractivity contribution in [3.8, 4) is 0 Å². The van der Waals surface area contributed by atoms with Crippen molar-refractivity contribution in [1.29, 1.82) is 5.41 Å². The molecule has 1 atom stereocenters. The van der Waals surface area contributed by atoms with Gasteiger partial charge in [-0.1, -0.05) is 0 Å². The maximum Gasteiger partial charge on any atom is 0.178 e. The SMILES string of the molecule is C[N+](C)(C)C1CCN(c2nc(N=C3C=NN(CCO)C3=N)c(N)cc2N)C1. The third-order valence-electron chi connectivity index (χ3n) is 4.96. The largest absolute Gasteiger partial charge is 0.396 e. The monoisotopic (exact) mass is 374 g/mol. The topological polar surface area (TPSA) is 140 Å². The van der Waals surface area contributed by atoms with E-state index in [0.717, 1.165) is 24.0 Å². The number of nitrogens with two attached hydrogens (primary N) is 2. The molecule has 0 aliphatic carbocycles. The molecule has 0 amide bonds. The minimum absolute atomic E-state index is 0.0954. The minimum Gasteiger partial charge on any atom is -0.396 e. The Hall–Kier alpha value is -2.72. The van der Waals surface area contributed by atoms with Gasteiger partial charge in [-0.05, 0) is 6.07 Å². The maximum atomic E-state index is 9.03. The first-order valence-corrected chi connectivity index (χ1v) is 8.92. The van der Waals surface area contributed by atoms with Crippen molar-refractivity contribution in [3.63, 3.8) is 0 Å². The van der Waals surface area contributed by atoms with Crippen LogP contribution in [-0.4, -0.2) is 90.8 Å². The van der Waals surface area contributed by atoms with Crippen LogP contribution in [0.5, 0.6) is 0 Å². The van der Waals surface area contributed by atoms with Crippen LogP contribution in [0, 0.1) is 5.41 Å². The molecule has 1 fully saturated rings. The highest BCUT2D eigenvalue weighted by atomic mass is 16.3. The molecule has 6 N–H and O–H groups in total. The zero-order chi connectivity index (χ0) is 19.8. The summed E-state index contributed by atoms with van der Waals surface area (Å²) < 4.78 is 0.884. The standard InChI is InChI=1S/C17H28N9O/c1-26(2,3)11-4-5-24(10-11)17-13(19)8-12(18)16(23-17)22-14-9-21-25(6-7-27)15(14)20/h8-9,11,20,27H,4-7,10,18-19H2,1-3H3/q+1. The van der Waals surface area contributed by atoms with Gasteiger partial charge in [0.15, 0.2) is 17.5 Å². The molecule has 0 bridgehead atoms. The summed E-state index contributed by atoms with van der Waals surface area (Å²) in [5.74, 6) is 1.10. The number of amidine groups is 1. The van der Waals surface area contributed by atoms with E-state index in [0.29, 0.717) is 34.8 Å². The van der Waals surface area contributed by atoms with E-state index in [-0.39, 0.29) is 19.0 Å². The second-order valence-corrected chi connectivity index (χ2v) is 7.76. The van der Waals surface area contributed by atoms with Crippen LogP contribution in [0.15, 0.2) is 16.2 Å². The number of anilines is 3. The summed E-state index contributed by atoms with van der Waals surface area (Å²) in [6.45, 7) is 1.88. The molecule has 0 radical (unpaired) electrons. The van der Waals surface area contributed by atoms with E-state index in [1.165, 1.54) is 11.2 Å². The van der Waals surface area contributed by atoms with Crippen molar-refractivity contribution < 1.29 is 9.59 Å². The maximum absolute atomic E-state index is 9.03. The van der Waals surface area contributed by atoms with E-state index in [2.05, 4.69) is 41.1 Å². The van der Waals surface area contributed by atoms with E-state index in [1.54, 1.807) is 6.07 Å². The molecule has 3 rings (SSSR count). The summed E-state index contributed by atoms with van der Waals surface area (Å²) in [7, 11) is 6.57. The molecule has 1 aromatic heterocycles. The first-order valence-electron chi connectivity index (χ1n) is 8.92. The number of nitrogen functional groups attached to an aromatic ring is 2. The fourth-order valence-electron chi connectivity index (χ4n) is 3.27. The molecule has 10 heteroatoms. The lowest BCUT2D eigenvalue weighted by Crippen LogP contribution is -2.46. The van der Waals surface area contributed by atoms with Crippen LogP contribution in [-0.2, 0) is 0 Å². The summed E-state index contributed by atoms with van der Waals surface area (Å²) >= 11 is 0. The Morgan fingerprint density at radius 2 is 2.07 bits per heavy atom. The predicted octanol–water partition coefficient (Wildman–Crippen LogP) is -0.126. The molecule has 0 saturated carbocycles. The normalized spacial score (nSPS) is 21.7. The molecule has 2 aliphatic rings. The number of rotatable bonds is 5. The highest BCUT2D eigenvalue weighted by Crippen LogP contribution is 2.33. The minimum atomic E-state index is -0.0954. The number of hydrogen-bond acceptors (Lipinski definition) is 8. The van der Waals surface area contributed by atoms with E-state index >= 15 is 0 Å². The molecule has 1 saturated heterocycles. The number of aromatic nitrogens is 1. The van der Waals surface area contributed by atoms with Crippen molar-refractivity contribution in [2.45, 2.75) is 12.5 Å². The van der Waals surface area contributed by atoms with Crippen molar-refractivity contribution in [1.82, 2.24) is 9.99 Å². The molecular weight excluding hydrogens is 346 g/mol. The number of hydrazone groups is 1. The quantitative estimate of drug-likeness (QED) is 0.530. The van der Waals surface area contributed by atoms with Crippen LogP contribution < -0.4 is 16.4 Å². The third kappa shape index (κ3) is 3.86. The lowest BCUT2D eigenvalue weighted by molar-refractivity contribution is -0.893. The smallest absolute Gasteiger partial charge is 0.178 e. The fourth-order valence-corrected chi connectivity index (χ4v) is 3.27. The van der Waals surface area contributed by atoms with Gasteiger partial charge in [-0.2, -0.15) is 5.10 Å². The molecule has 27 heavy (non-hydrogen) atoms. The van der Waals surface area contributed by atoms with Crippen LogP contribution in [0.1, 0.15) is 6.42 Å². The number of nitrogens with one attached hydrogen (secondary N) is 1. The second kappa shape index (κ2) is 7.12. The van der Waals surface area contributed by atoms with Gasteiger partial charge in [0.05, 0.1) is 58.4 Å². The Balaban J connectivity index is 1.87. The van der Waals surface area contributed by atoms with Crippen LogP contribution in [0.3, 0.4) is 0 Å². The van der Waals surface area contributed by atoms with Crippen LogP contribution in [0.4, 0.5) is 23.0 Å². The molecule has 1 unspecified atom stereocenters. The van der Waals surface area contributed by atoms with Crippen LogP contribution in [0.2, 0.25) is 0 Å². The zero-order valence-corrected chi connectivity index (χ0v) is 16.1. The lowest BCUT2D eigenvalue weighted by atomic mass is 10.2. The second-order valence-electron chi connectivity index (χ2n) is 7.76. The number of aliphatic hydroxyl groups is 1. The summed E-state index contributed by atoms with van der Waals surface area (Å²) in [6, 6.07) is 2.17. The number of hydrogen-bond donors (Lipinski definition) is 4. The van der Waals surface area contributed by atoms with Crippen molar-refractivity contribution in [2.24, 2.45) is 10.1 Å². The van der Waals surface area contributed by atoms with E-state index < -0.39 is 0 Å². The number of aliphatic hydroxyl groups excluding tert-OH is 1. The van der Waals surface area contributed by atoms with E-state index in [1.807, 2.05) is 0 Å². The Kier molecular flexibility index (Phi) is 5.03. The highest BCUT2D eigenvalue weighted by Gasteiger charge is 2.34. The Morgan fingerprint density at radius 1 is 1.33 bits per heavy atom. The predicted molar refractivity (Wildman–Crippen MR) is 109 cm³/mol. The zero-order valence-electron chi connectivity index (χ0n) is 16.1. The number of likely N-dealkylation sites (N-methyl/N-ethyl adjacent to an activating group) is 1. The van der Waals surface area contributed by atoms with Crippen molar-refractivity contribution >= 4 is 40.8 Å². The van der Waals surface area contributed by atoms with Gasteiger partial charge in [-0.3, -0.25) is 5.41 Å². The van der Waals surface area contributed by atoms with E-state index in [9.17, 15) is 0 Å². The molecule has 0 aromatic carbocycles. The van der Waals surface area contributed by atoms with Gasteiger partial charge in [-0.15, -0.1) is 0 Å². The summed E-state index contributed by atoms with van der Waals surface area (Å²) in [4.78, 5) is 11.2. The number of pyridine rings is 1. The Morgan fingerprint density at radius 3 is 2.70 bits per heavy atom. The number of quaternary nitrogens is 1. The average Bonchev–Trinajstić information content (AvgIpc) is 3.19. The van der Waals surface area contributed by atoms with Gasteiger partial charge in [0.1, 0.15) is 11.8 Å². The lowest BCUT2D eigenvalue weighted by Gasteiger charge is -2.31. The van der Waals surface area contributed by atoms with Crippen LogP contribution >= 0.6 is 0 Å². The first-order chi connectivity index (χ1) is 12.7. The van der Waals surface area contributed by atoms with Crippen LogP contribution in [0.25, 0.3) is 0 Å². The molecular formula is C17H28N9O+. The Bertz CT molecular complexity index is 796. The summed E-state index contributed by atoms with van der Waals surface area (Å²) in [6.07, 6.45) is 2.53. The van der Waals surface area contributed by atoms with E-state index in [4.69, 9.17) is 22.0 Å². The summed E-state index contributed by atoms with van der Waals surface area (Å²) in [5.41, 5.74) is 13.5. The first kappa shape index (κ1) is 19.1. The Labute approximate surface area is 158 Å². The number of β-amino-alcohol motifs (C(OH)–C–C–N with tert-alkyl or cyclic N) is 1. The van der Waals surface area contributed by atoms with Crippen molar-refractivity contribution in [2.75, 3.05) is 63.8 Å². The third-order valence-corrected chi connectivity index (χ3v) is 4.96.